The van der Waals surface area contributed by atoms with E-state index in [4.69, 9.17) is 5.73 Å². The number of fused-ring (bicyclic) bond motifs is 1. The van der Waals surface area contributed by atoms with Gasteiger partial charge in [0, 0.05) is 26.2 Å². The van der Waals surface area contributed by atoms with Crippen LogP contribution < -0.4 is 5.73 Å². The molecule has 0 saturated carbocycles. The molecule has 1 atom stereocenters. The van der Waals surface area contributed by atoms with Gasteiger partial charge in [-0.2, -0.15) is 0 Å². The molecule has 0 saturated heterocycles. The predicted molar refractivity (Wildman–Crippen MR) is 79.9 cm³/mol. The first-order valence-electron chi connectivity index (χ1n) is 6.83. The summed E-state index contributed by atoms with van der Waals surface area (Å²) in [6.07, 6.45) is 1.86. The van der Waals surface area contributed by atoms with Gasteiger partial charge in [-0.05, 0) is 30.7 Å². The Hall–Kier alpha value is -1.39. The minimum Gasteiger partial charge on any atom is -0.334 e. The number of nitrogens with two attached hydrogens (primary N) is 1. The first kappa shape index (κ1) is 14.0. The third-order valence-electron chi connectivity index (χ3n) is 3.80. The summed E-state index contributed by atoms with van der Waals surface area (Å²) in [6, 6.07) is 6.89. The molecule has 1 aromatic carbocycles. The molecule has 2 rings (SSSR count). The third kappa shape index (κ3) is 2.96. The lowest BCUT2D eigenvalue weighted by molar-refractivity contribution is 0.190. The Bertz CT molecular complexity index is 544. The van der Waals surface area contributed by atoms with Crippen LogP contribution in [0.1, 0.15) is 19.4 Å². The van der Waals surface area contributed by atoms with E-state index in [2.05, 4.69) is 49.0 Å². The SMILES string of the molecule is CC(C)C(CN)N(C)Cc1ccc2c(c1)ncn2C. The number of nitrogens with zero attached hydrogens (tertiary/aromatic N) is 3. The second kappa shape index (κ2) is 5.72. The quantitative estimate of drug-likeness (QED) is 0.894. The van der Waals surface area contributed by atoms with Crippen LogP contribution in [0.4, 0.5) is 0 Å². The van der Waals surface area contributed by atoms with Crippen LogP contribution in [0.25, 0.3) is 11.0 Å². The van der Waals surface area contributed by atoms with E-state index >= 15 is 0 Å². The van der Waals surface area contributed by atoms with Gasteiger partial charge in [0.05, 0.1) is 17.4 Å². The van der Waals surface area contributed by atoms with Crippen molar-refractivity contribution in [1.82, 2.24) is 14.5 Å². The molecule has 0 spiro atoms. The Labute approximate surface area is 115 Å². The molecule has 19 heavy (non-hydrogen) atoms. The highest BCUT2D eigenvalue weighted by Gasteiger charge is 2.17. The molecular formula is C15H24N4. The van der Waals surface area contributed by atoms with Gasteiger partial charge in [0.1, 0.15) is 0 Å². The second-order valence-corrected chi connectivity index (χ2v) is 5.64. The zero-order valence-electron chi connectivity index (χ0n) is 12.3. The van der Waals surface area contributed by atoms with Gasteiger partial charge in [-0.3, -0.25) is 4.90 Å². The van der Waals surface area contributed by atoms with Crippen molar-refractivity contribution < 1.29 is 0 Å². The predicted octanol–water partition coefficient (Wildman–Crippen LogP) is 1.99. The summed E-state index contributed by atoms with van der Waals surface area (Å²) >= 11 is 0. The highest BCUT2D eigenvalue weighted by atomic mass is 15.1. The summed E-state index contributed by atoms with van der Waals surface area (Å²) in [4.78, 5) is 6.73. The monoisotopic (exact) mass is 260 g/mol. The Morgan fingerprint density at radius 2 is 2.11 bits per heavy atom. The number of imidazole rings is 1. The lowest BCUT2D eigenvalue weighted by Gasteiger charge is -2.30. The first-order valence-corrected chi connectivity index (χ1v) is 6.83. The average molecular weight is 260 g/mol. The number of likely N-dealkylation sites (N-methyl/N-ethyl adjacent to an activating group) is 1. The fraction of sp³-hybridized carbons (Fsp3) is 0.533. The fourth-order valence-electron chi connectivity index (χ4n) is 2.65. The van der Waals surface area contributed by atoms with Crippen LogP contribution in [-0.4, -0.2) is 34.1 Å². The van der Waals surface area contributed by atoms with Crippen molar-refractivity contribution in [3.63, 3.8) is 0 Å². The molecule has 0 bridgehead atoms. The van der Waals surface area contributed by atoms with Gasteiger partial charge in [-0.25, -0.2) is 4.98 Å². The van der Waals surface area contributed by atoms with Crippen LogP contribution >= 0.6 is 0 Å². The standard InChI is InChI=1S/C15H24N4/c1-11(2)15(8-16)18(3)9-12-5-6-14-13(7-12)17-10-19(14)4/h5-7,10-11,15H,8-9,16H2,1-4H3. The summed E-state index contributed by atoms with van der Waals surface area (Å²) in [6.45, 7) is 6.04. The number of aryl methyl sites for hydroxylation is 1. The number of benzene rings is 1. The summed E-state index contributed by atoms with van der Waals surface area (Å²) < 4.78 is 2.04. The van der Waals surface area contributed by atoms with E-state index in [0.29, 0.717) is 18.5 Å². The van der Waals surface area contributed by atoms with Crippen LogP contribution in [0, 0.1) is 5.92 Å². The number of aromatic nitrogens is 2. The van der Waals surface area contributed by atoms with E-state index in [1.54, 1.807) is 0 Å². The van der Waals surface area contributed by atoms with E-state index in [9.17, 15) is 0 Å². The first-order chi connectivity index (χ1) is 9.02. The van der Waals surface area contributed by atoms with E-state index in [1.165, 1.54) is 11.1 Å². The van der Waals surface area contributed by atoms with Gasteiger partial charge in [0.2, 0.25) is 0 Å². The maximum atomic E-state index is 5.86. The van der Waals surface area contributed by atoms with Crippen molar-refractivity contribution >= 4 is 11.0 Å². The van der Waals surface area contributed by atoms with Gasteiger partial charge in [-0.1, -0.05) is 19.9 Å². The fourth-order valence-corrected chi connectivity index (χ4v) is 2.65. The Balaban J connectivity index is 2.16. The highest BCUT2D eigenvalue weighted by molar-refractivity contribution is 5.75. The van der Waals surface area contributed by atoms with E-state index in [0.717, 1.165) is 12.1 Å². The molecule has 2 aromatic rings. The van der Waals surface area contributed by atoms with Gasteiger partial charge in [0.25, 0.3) is 0 Å². The van der Waals surface area contributed by atoms with Gasteiger partial charge in [0.15, 0.2) is 0 Å². The van der Waals surface area contributed by atoms with Crippen molar-refractivity contribution in [3.05, 3.63) is 30.1 Å². The Morgan fingerprint density at radius 1 is 1.37 bits per heavy atom. The van der Waals surface area contributed by atoms with Crippen molar-refractivity contribution in [2.45, 2.75) is 26.4 Å². The molecule has 0 aliphatic rings. The molecule has 0 aliphatic carbocycles. The molecule has 104 valence electrons. The van der Waals surface area contributed by atoms with Crippen LogP contribution in [0.3, 0.4) is 0 Å². The highest BCUT2D eigenvalue weighted by Crippen LogP contribution is 2.17. The maximum Gasteiger partial charge on any atom is 0.0955 e. The molecule has 4 heteroatoms. The molecule has 1 heterocycles. The second-order valence-electron chi connectivity index (χ2n) is 5.64. The number of hydrogen-bond donors (Lipinski definition) is 1. The van der Waals surface area contributed by atoms with E-state index in [1.807, 2.05) is 17.9 Å². The van der Waals surface area contributed by atoms with Gasteiger partial charge >= 0.3 is 0 Å². The van der Waals surface area contributed by atoms with Crippen LogP contribution in [0.2, 0.25) is 0 Å². The average Bonchev–Trinajstić information content (AvgIpc) is 2.71. The summed E-state index contributed by atoms with van der Waals surface area (Å²) in [5.74, 6) is 0.564. The molecule has 1 unspecified atom stereocenters. The lowest BCUT2D eigenvalue weighted by atomic mass is 10.0. The molecule has 1 aromatic heterocycles. The number of rotatable bonds is 5. The van der Waals surface area contributed by atoms with Crippen molar-refractivity contribution in [2.75, 3.05) is 13.6 Å². The summed E-state index contributed by atoms with van der Waals surface area (Å²) in [7, 11) is 4.16. The van der Waals surface area contributed by atoms with Gasteiger partial charge < -0.3 is 10.3 Å². The summed E-state index contributed by atoms with van der Waals surface area (Å²) in [5.41, 5.74) is 9.38. The third-order valence-corrected chi connectivity index (χ3v) is 3.80. The van der Waals surface area contributed by atoms with Crippen LogP contribution in [0.15, 0.2) is 24.5 Å². The lowest BCUT2D eigenvalue weighted by Crippen LogP contribution is -2.41. The molecule has 0 aliphatic heterocycles. The van der Waals surface area contributed by atoms with Crippen molar-refractivity contribution in [1.29, 1.82) is 0 Å². The molecule has 0 fully saturated rings. The van der Waals surface area contributed by atoms with Crippen molar-refractivity contribution in [3.8, 4) is 0 Å². The van der Waals surface area contributed by atoms with Crippen LogP contribution in [-0.2, 0) is 13.6 Å². The molecular weight excluding hydrogens is 236 g/mol. The molecule has 2 N–H and O–H groups in total. The minimum absolute atomic E-state index is 0.416. The van der Waals surface area contributed by atoms with Crippen LogP contribution in [0.5, 0.6) is 0 Å². The maximum absolute atomic E-state index is 5.86. The Morgan fingerprint density at radius 3 is 2.74 bits per heavy atom. The van der Waals surface area contributed by atoms with Crippen molar-refractivity contribution in [2.24, 2.45) is 18.7 Å². The summed E-state index contributed by atoms with van der Waals surface area (Å²) in [5, 5.41) is 0. The smallest absolute Gasteiger partial charge is 0.0955 e. The molecule has 0 amide bonds. The Kier molecular flexibility index (Phi) is 4.22. The van der Waals surface area contributed by atoms with E-state index in [-0.39, 0.29) is 0 Å². The number of hydrogen-bond acceptors (Lipinski definition) is 3. The minimum atomic E-state index is 0.416. The zero-order valence-corrected chi connectivity index (χ0v) is 12.3. The zero-order chi connectivity index (χ0) is 14.0. The molecule has 4 nitrogen and oxygen atoms in total. The van der Waals surface area contributed by atoms with Gasteiger partial charge in [-0.15, -0.1) is 0 Å². The largest absolute Gasteiger partial charge is 0.334 e. The topological polar surface area (TPSA) is 47.1 Å². The molecule has 0 radical (unpaired) electrons. The van der Waals surface area contributed by atoms with E-state index < -0.39 is 0 Å². The normalized spacial score (nSPS) is 13.6.